The lowest BCUT2D eigenvalue weighted by atomic mass is 9.99. The maximum atomic E-state index is 12.2. The van der Waals surface area contributed by atoms with Gasteiger partial charge >= 0.3 is 5.97 Å². The van der Waals surface area contributed by atoms with Crippen LogP contribution in [-0.4, -0.2) is 35.6 Å². The molecule has 0 bridgehead atoms. The summed E-state index contributed by atoms with van der Waals surface area (Å²) in [7, 11) is 1.30. The highest BCUT2D eigenvalue weighted by molar-refractivity contribution is 6.32. The molecule has 1 atom stereocenters. The maximum absolute atomic E-state index is 12.2. The molecule has 0 aliphatic rings. The Bertz CT molecular complexity index is 719. The Balaban J connectivity index is 2.04. The number of nitrogens with zero attached hydrogens (tertiary/aromatic N) is 1. The lowest BCUT2D eigenvalue weighted by Gasteiger charge is -2.16. The molecule has 126 valence electrons. The first-order valence-electron chi connectivity index (χ1n) is 7.25. The van der Waals surface area contributed by atoms with E-state index in [2.05, 4.69) is 10.3 Å². The highest BCUT2D eigenvalue weighted by Crippen LogP contribution is 2.15. The molecule has 24 heavy (non-hydrogen) atoms. The summed E-state index contributed by atoms with van der Waals surface area (Å²) >= 11 is 5.88. The van der Waals surface area contributed by atoms with Crippen LogP contribution in [0.25, 0.3) is 0 Å². The van der Waals surface area contributed by atoms with Crippen molar-refractivity contribution < 1.29 is 19.4 Å². The summed E-state index contributed by atoms with van der Waals surface area (Å²) in [6, 6.07) is 9.66. The fraction of sp³-hybridized carbons (Fsp3) is 0.235. The van der Waals surface area contributed by atoms with Crippen molar-refractivity contribution in [2.45, 2.75) is 6.42 Å². The zero-order chi connectivity index (χ0) is 17.5. The Hall–Kier alpha value is -2.60. The van der Waals surface area contributed by atoms with Crippen molar-refractivity contribution in [1.82, 2.24) is 10.3 Å². The summed E-state index contributed by atoms with van der Waals surface area (Å²) in [5, 5.41) is 12.1. The van der Waals surface area contributed by atoms with E-state index in [1.807, 2.05) is 0 Å². The Labute approximate surface area is 144 Å². The van der Waals surface area contributed by atoms with Crippen molar-refractivity contribution >= 4 is 23.5 Å². The van der Waals surface area contributed by atoms with Crippen LogP contribution in [0.3, 0.4) is 0 Å². The van der Waals surface area contributed by atoms with Crippen LogP contribution in [0.5, 0.6) is 5.75 Å². The van der Waals surface area contributed by atoms with Crippen LogP contribution in [0.2, 0.25) is 5.15 Å². The van der Waals surface area contributed by atoms with Crippen LogP contribution in [-0.2, 0) is 16.0 Å². The molecule has 1 aromatic carbocycles. The number of methoxy groups -OCH3 is 1. The number of benzene rings is 1. The predicted molar refractivity (Wildman–Crippen MR) is 88.9 cm³/mol. The SMILES string of the molecule is COC(=O)[C@H](CNC(=O)c1cccnc1Cl)Cc1ccc(O)cc1. The molecule has 1 amide bonds. The molecular weight excluding hydrogens is 332 g/mol. The van der Waals surface area contributed by atoms with Crippen LogP contribution in [0, 0.1) is 5.92 Å². The number of aromatic nitrogens is 1. The Morgan fingerprint density at radius 3 is 2.62 bits per heavy atom. The monoisotopic (exact) mass is 348 g/mol. The second-order valence-electron chi connectivity index (χ2n) is 5.14. The smallest absolute Gasteiger partial charge is 0.310 e. The molecule has 0 spiro atoms. The van der Waals surface area contributed by atoms with E-state index in [0.29, 0.717) is 6.42 Å². The molecule has 0 aliphatic heterocycles. The normalized spacial score (nSPS) is 11.6. The third-order valence-electron chi connectivity index (χ3n) is 3.47. The second kappa shape index (κ2) is 8.31. The molecule has 0 aliphatic carbocycles. The fourth-order valence-corrected chi connectivity index (χ4v) is 2.39. The number of pyridine rings is 1. The number of rotatable bonds is 6. The van der Waals surface area contributed by atoms with Crippen LogP contribution in [0.4, 0.5) is 0 Å². The number of phenols is 1. The van der Waals surface area contributed by atoms with Gasteiger partial charge in [0.1, 0.15) is 10.9 Å². The Morgan fingerprint density at radius 1 is 1.29 bits per heavy atom. The van der Waals surface area contributed by atoms with Crippen molar-refractivity contribution in [3.8, 4) is 5.75 Å². The van der Waals surface area contributed by atoms with E-state index in [1.165, 1.54) is 25.4 Å². The number of carbonyl (C=O) groups excluding carboxylic acids is 2. The van der Waals surface area contributed by atoms with Gasteiger partial charge in [-0.3, -0.25) is 9.59 Å². The largest absolute Gasteiger partial charge is 0.508 e. The molecule has 7 heteroatoms. The van der Waals surface area contributed by atoms with Crippen LogP contribution >= 0.6 is 11.6 Å². The molecule has 1 aromatic heterocycles. The lowest BCUT2D eigenvalue weighted by molar-refractivity contribution is -0.145. The van der Waals surface area contributed by atoms with Crippen molar-refractivity contribution in [2.24, 2.45) is 5.92 Å². The number of amides is 1. The standard InChI is InChI=1S/C17H17ClN2O4/c1-24-17(23)12(9-11-4-6-13(21)7-5-11)10-20-16(22)14-3-2-8-19-15(14)18/h2-8,12,21H,9-10H2,1H3,(H,20,22)/t12-/m0/s1. The van der Waals surface area contributed by atoms with E-state index >= 15 is 0 Å². The second-order valence-corrected chi connectivity index (χ2v) is 5.50. The molecule has 0 unspecified atom stereocenters. The zero-order valence-electron chi connectivity index (χ0n) is 13.0. The van der Waals surface area contributed by atoms with Crippen LogP contribution in [0.1, 0.15) is 15.9 Å². The first kappa shape index (κ1) is 17.7. The third kappa shape index (κ3) is 4.70. The van der Waals surface area contributed by atoms with Gasteiger partial charge in [0.05, 0.1) is 18.6 Å². The number of halogens is 1. The molecule has 0 saturated heterocycles. The number of nitrogens with one attached hydrogen (secondary N) is 1. The van der Waals surface area contributed by atoms with Gasteiger partial charge in [0.25, 0.3) is 5.91 Å². The maximum Gasteiger partial charge on any atom is 0.310 e. The third-order valence-corrected chi connectivity index (χ3v) is 3.77. The zero-order valence-corrected chi connectivity index (χ0v) is 13.8. The van der Waals surface area contributed by atoms with Gasteiger partial charge in [-0.15, -0.1) is 0 Å². The van der Waals surface area contributed by atoms with E-state index < -0.39 is 17.8 Å². The number of ether oxygens (including phenoxy) is 1. The van der Waals surface area contributed by atoms with Crippen molar-refractivity contribution in [3.63, 3.8) is 0 Å². The number of hydrogen-bond acceptors (Lipinski definition) is 5. The van der Waals surface area contributed by atoms with E-state index in [0.717, 1.165) is 5.56 Å². The summed E-state index contributed by atoms with van der Waals surface area (Å²) in [6.45, 7) is 0.0948. The number of carbonyl (C=O) groups is 2. The van der Waals surface area contributed by atoms with E-state index in [9.17, 15) is 14.7 Å². The van der Waals surface area contributed by atoms with E-state index in [1.54, 1.807) is 24.3 Å². The highest BCUT2D eigenvalue weighted by Gasteiger charge is 2.21. The molecule has 0 fully saturated rings. The first-order valence-corrected chi connectivity index (χ1v) is 7.63. The van der Waals surface area contributed by atoms with Gasteiger partial charge in [0, 0.05) is 12.7 Å². The fourth-order valence-electron chi connectivity index (χ4n) is 2.19. The predicted octanol–water partition coefficient (Wildman–Crippen LogP) is 2.20. The molecular formula is C17H17ClN2O4. The summed E-state index contributed by atoms with van der Waals surface area (Å²) in [4.78, 5) is 27.9. The minimum absolute atomic E-state index is 0.0948. The minimum Gasteiger partial charge on any atom is -0.508 e. The molecule has 2 aromatic rings. The number of hydrogen-bond donors (Lipinski definition) is 2. The molecule has 0 saturated carbocycles. The topological polar surface area (TPSA) is 88.5 Å². The number of phenolic OH excluding ortho intramolecular Hbond substituents is 1. The molecule has 0 radical (unpaired) electrons. The molecule has 2 N–H and O–H groups in total. The minimum atomic E-state index is -0.557. The van der Waals surface area contributed by atoms with Gasteiger partial charge in [0.2, 0.25) is 0 Å². The Kier molecular flexibility index (Phi) is 6.14. The Morgan fingerprint density at radius 2 is 2.00 bits per heavy atom. The highest BCUT2D eigenvalue weighted by atomic mass is 35.5. The van der Waals surface area contributed by atoms with Crippen molar-refractivity contribution in [3.05, 3.63) is 58.9 Å². The average Bonchev–Trinajstić information content (AvgIpc) is 2.59. The van der Waals surface area contributed by atoms with Gasteiger partial charge in [-0.2, -0.15) is 0 Å². The summed E-state index contributed by atoms with van der Waals surface area (Å²) < 4.78 is 4.79. The first-order chi connectivity index (χ1) is 11.5. The van der Waals surface area contributed by atoms with E-state index in [4.69, 9.17) is 16.3 Å². The average molecular weight is 349 g/mol. The van der Waals surface area contributed by atoms with Gasteiger partial charge < -0.3 is 15.2 Å². The molecule has 2 rings (SSSR count). The van der Waals surface area contributed by atoms with Crippen molar-refractivity contribution in [2.75, 3.05) is 13.7 Å². The van der Waals surface area contributed by atoms with E-state index in [-0.39, 0.29) is 23.0 Å². The van der Waals surface area contributed by atoms with Crippen molar-refractivity contribution in [1.29, 1.82) is 0 Å². The summed E-state index contributed by atoms with van der Waals surface area (Å²) in [5.41, 5.74) is 1.09. The van der Waals surface area contributed by atoms with Gasteiger partial charge in [-0.25, -0.2) is 4.98 Å². The molecule has 6 nitrogen and oxygen atoms in total. The number of aromatic hydroxyl groups is 1. The lowest BCUT2D eigenvalue weighted by Crippen LogP contribution is -2.35. The van der Waals surface area contributed by atoms with Gasteiger partial charge in [-0.1, -0.05) is 23.7 Å². The number of esters is 1. The van der Waals surface area contributed by atoms with Gasteiger partial charge in [0.15, 0.2) is 0 Å². The summed E-state index contributed by atoms with van der Waals surface area (Å²) in [5.74, 6) is -1.25. The quantitative estimate of drug-likeness (QED) is 0.617. The summed E-state index contributed by atoms with van der Waals surface area (Å²) in [6.07, 6.45) is 1.86. The van der Waals surface area contributed by atoms with Crippen LogP contribution < -0.4 is 5.32 Å². The molecule has 1 heterocycles. The van der Waals surface area contributed by atoms with Crippen LogP contribution in [0.15, 0.2) is 42.6 Å². The van der Waals surface area contributed by atoms with Gasteiger partial charge in [-0.05, 0) is 36.2 Å².